The van der Waals surface area contributed by atoms with Gasteiger partial charge in [-0.3, -0.25) is 29.7 Å². The van der Waals surface area contributed by atoms with E-state index in [4.69, 9.17) is 14.8 Å². The molecule has 376 valence electrons. The highest BCUT2D eigenvalue weighted by atomic mass is 32.1. The number of likely N-dealkylation sites (tertiary alicyclic amines) is 1. The number of hydrogen-bond donors (Lipinski definition) is 3. The molecule has 0 radical (unpaired) electrons. The van der Waals surface area contributed by atoms with Crippen LogP contribution in [0.3, 0.4) is 0 Å². The first kappa shape index (κ1) is 48.3. The molecular formula is C58H62N8O6S. The molecule has 3 N–H and O–H groups in total. The Labute approximate surface area is 429 Å². The summed E-state index contributed by atoms with van der Waals surface area (Å²) < 4.78 is 9.59. The van der Waals surface area contributed by atoms with Gasteiger partial charge in [0.15, 0.2) is 10.8 Å². The fourth-order valence-corrected chi connectivity index (χ4v) is 12.8. The first-order chi connectivity index (χ1) is 35.5. The highest BCUT2D eigenvalue weighted by Crippen LogP contribution is 2.39. The van der Waals surface area contributed by atoms with Gasteiger partial charge in [-0.15, -0.1) is 0 Å². The summed E-state index contributed by atoms with van der Waals surface area (Å²) in [5.74, 6) is 0.305. The van der Waals surface area contributed by atoms with Crippen LogP contribution in [-0.4, -0.2) is 85.7 Å². The Balaban J connectivity index is 0.666. The number of carboxylic acid groups (broad SMARTS) is 1. The third-order valence-corrected chi connectivity index (χ3v) is 16.8. The van der Waals surface area contributed by atoms with Crippen molar-refractivity contribution in [3.05, 3.63) is 130 Å². The normalized spacial score (nSPS) is 20.5. The molecule has 3 amide bonds. The van der Waals surface area contributed by atoms with Crippen molar-refractivity contribution in [1.82, 2.24) is 30.0 Å². The number of piperidine rings is 2. The number of nitrogens with zero attached hydrogens (tertiary/aromatic N) is 6. The number of thiazole rings is 1. The number of unbranched alkanes of at least 4 members (excludes halogenated alkanes) is 1. The second-order valence-electron chi connectivity index (χ2n) is 20.5. The zero-order valence-corrected chi connectivity index (χ0v) is 42.4. The van der Waals surface area contributed by atoms with Crippen molar-refractivity contribution >= 4 is 67.1 Å². The number of carbonyl (C=O) groups excluding carboxylic acids is 3. The zero-order chi connectivity index (χ0) is 50.2. The van der Waals surface area contributed by atoms with Gasteiger partial charge in [-0.05, 0) is 160 Å². The van der Waals surface area contributed by atoms with Gasteiger partial charge in [0.25, 0.3) is 5.91 Å². The number of amides is 3. The smallest absolute Gasteiger partial charge is 0.355 e. The molecule has 0 spiro atoms. The molecule has 1 aliphatic carbocycles. The highest BCUT2D eigenvalue weighted by Gasteiger charge is 2.33. The maximum absolute atomic E-state index is 13.7. The minimum Gasteiger partial charge on any atom is -0.490 e. The Bertz CT molecular complexity index is 3220. The summed E-state index contributed by atoms with van der Waals surface area (Å²) in [4.78, 5) is 65.0. The van der Waals surface area contributed by atoms with E-state index >= 15 is 0 Å². The predicted octanol–water partition coefficient (Wildman–Crippen LogP) is 10.6. The van der Waals surface area contributed by atoms with E-state index in [-0.39, 0.29) is 29.5 Å². The maximum atomic E-state index is 13.7. The molecule has 0 bridgehead atoms. The summed E-state index contributed by atoms with van der Waals surface area (Å²) >= 11 is 1.44. The van der Waals surface area contributed by atoms with Crippen molar-refractivity contribution in [2.45, 2.75) is 108 Å². The van der Waals surface area contributed by atoms with E-state index < -0.39 is 11.9 Å². The van der Waals surface area contributed by atoms with Gasteiger partial charge in [0, 0.05) is 49.6 Å². The quantitative estimate of drug-likeness (QED) is 0.0699. The van der Waals surface area contributed by atoms with Gasteiger partial charge in [0.05, 0.1) is 33.4 Å². The van der Waals surface area contributed by atoms with E-state index in [9.17, 15) is 24.3 Å². The molecule has 7 aromatic rings. The molecule has 15 heteroatoms. The van der Waals surface area contributed by atoms with E-state index in [1.54, 1.807) is 0 Å². The highest BCUT2D eigenvalue weighted by molar-refractivity contribution is 7.22. The molecule has 73 heavy (non-hydrogen) atoms. The summed E-state index contributed by atoms with van der Waals surface area (Å²) in [5, 5.41) is 22.3. The minimum absolute atomic E-state index is 0.0166. The lowest BCUT2D eigenvalue weighted by atomic mass is 9.84. The number of ether oxygens (including phenoxy) is 1. The predicted molar refractivity (Wildman–Crippen MR) is 285 cm³/mol. The van der Waals surface area contributed by atoms with Crippen LogP contribution in [0.25, 0.3) is 32.2 Å². The molecule has 4 aliphatic rings. The van der Waals surface area contributed by atoms with Gasteiger partial charge in [0.1, 0.15) is 11.6 Å². The molecule has 4 aromatic carbocycles. The number of anilines is 2. The molecule has 2 saturated heterocycles. The van der Waals surface area contributed by atoms with Gasteiger partial charge in [-0.25, -0.2) is 14.8 Å². The molecule has 14 nitrogen and oxygen atoms in total. The van der Waals surface area contributed by atoms with Crippen LogP contribution in [0.2, 0.25) is 0 Å². The molecular weight excluding hydrogens is 937 g/mol. The number of benzene rings is 4. The summed E-state index contributed by atoms with van der Waals surface area (Å²) in [5.41, 5.74) is 8.74. The third kappa shape index (κ3) is 10.2. The monoisotopic (exact) mass is 998 g/mol. The topological polar surface area (TPSA) is 172 Å². The molecule has 6 heterocycles. The minimum atomic E-state index is -1.10. The summed E-state index contributed by atoms with van der Waals surface area (Å²) in [6.07, 6.45) is 11.9. The zero-order valence-electron chi connectivity index (χ0n) is 41.6. The Morgan fingerprint density at radius 3 is 2.56 bits per heavy atom. The Morgan fingerprint density at radius 2 is 1.73 bits per heavy atom. The van der Waals surface area contributed by atoms with Crippen molar-refractivity contribution in [3.63, 3.8) is 0 Å². The first-order valence-corrected chi connectivity index (χ1v) is 26.9. The van der Waals surface area contributed by atoms with Crippen molar-refractivity contribution in [2.75, 3.05) is 36.4 Å². The fourth-order valence-electron chi connectivity index (χ4n) is 11.9. The van der Waals surface area contributed by atoms with Crippen molar-refractivity contribution in [1.29, 1.82) is 0 Å². The fraction of sp³-hybridized carbons (Fsp3) is 0.397. The number of aromatic carboxylic acids is 1. The van der Waals surface area contributed by atoms with Gasteiger partial charge >= 0.3 is 5.97 Å². The largest absolute Gasteiger partial charge is 0.490 e. The molecule has 3 aromatic heterocycles. The number of carboxylic acids is 1. The van der Waals surface area contributed by atoms with Crippen LogP contribution < -0.4 is 20.3 Å². The third-order valence-electron chi connectivity index (χ3n) is 15.9. The molecule has 3 fully saturated rings. The van der Waals surface area contributed by atoms with Crippen molar-refractivity contribution in [2.24, 2.45) is 13.0 Å². The van der Waals surface area contributed by atoms with Crippen molar-refractivity contribution in [3.8, 4) is 16.9 Å². The number of aryl methyl sites for hydroxylation is 1. The Morgan fingerprint density at radius 1 is 0.877 bits per heavy atom. The standard InChI is InChI=1S/C58H62N8O6S/c1-35-41(42-24-26-51(60-54(42)57(70)71)66-31-28-37-11-7-14-43(46(37)34-66)55(68)62-58-59-47-15-3-4-17-50(47)73-58)13-8-16-49(35)72-40-21-18-36(19-22-40)10-5-6-29-65-30-9-12-39(33-65)38-20-23-44-48(32-38)64(2)63-53(44)45-25-27-52(67)61-56(45)69/h3-4,7-8,11,13-17,20,23-24,26,32,36,39-40,45H,5-6,9-10,12,18-19,21-22,25,27-31,33-34H2,1-2H3,(H,70,71)(H,59,62,68)(H,61,67,69). The second kappa shape index (κ2) is 20.9. The van der Waals surface area contributed by atoms with Crippen LogP contribution in [0, 0.1) is 12.8 Å². The molecule has 3 aliphatic heterocycles. The molecule has 1 saturated carbocycles. The van der Waals surface area contributed by atoms with E-state index in [0.717, 1.165) is 107 Å². The molecule has 2 unspecified atom stereocenters. The van der Waals surface area contributed by atoms with E-state index in [0.29, 0.717) is 66.3 Å². The van der Waals surface area contributed by atoms with Crippen LogP contribution in [0.1, 0.15) is 131 Å². The van der Waals surface area contributed by atoms with Crippen LogP contribution in [-0.2, 0) is 29.6 Å². The average molecular weight is 999 g/mol. The number of pyridine rings is 1. The number of rotatable bonds is 14. The summed E-state index contributed by atoms with van der Waals surface area (Å²) in [6.45, 7) is 6.36. The number of para-hydroxylation sites is 1. The molecule has 2 atom stereocenters. The lowest BCUT2D eigenvalue weighted by Crippen LogP contribution is -2.39. The van der Waals surface area contributed by atoms with Crippen LogP contribution >= 0.6 is 11.3 Å². The lowest BCUT2D eigenvalue weighted by Gasteiger charge is -2.33. The molecule has 11 rings (SSSR count). The van der Waals surface area contributed by atoms with E-state index in [2.05, 4.69) is 49.7 Å². The number of aromatic nitrogens is 4. The number of fused-ring (bicyclic) bond motifs is 3. The van der Waals surface area contributed by atoms with Crippen molar-refractivity contribution < 1.29 is 29.0 Å². The van der Waals surface area contributed by atoms with E-state index in [1.807, 2.05) is 85.4 Å². The van der Waals surface area contributed by atoms with Crippen LogP contribution in [0.5, 0.6) is 5.75 Å². The Hall–Kier alpha value is -6.97. The van der Waals surface area contributed by atoms with E-state index in [1.165, 1.54) is 42.6 Å². The van der Waals surface area contributed by atoms with Crippen LogP contribution in [0.15, 0.2) is 91.0 Å². The van der Waals surface area contributed by atoms with Gasteiger partial charge < -0.3 is 19.6 Å². The number of hydrogen-bond acceptors (Lipinski definition) is 11. The van der Waals surface area contributed by atoms with Gasteiger partial charge in [0.2, 0.25) is 11.8 Å². The van der Waals surface area contributed by atoms with Crippen LogP contribution in [0.4, 0.5) is 10.9 Å². The number of imide groups is 1. The van der Waals surface area contributed by atoms with Gasteiger partial charge in [-0.1, -0.05) is 72.7 Å². The van der Waals surface area contributed by atoms with Gasteiger partial charge in [-0.2, -0.15) is 5.10 Å². The lowest BCUT2D eigenvalue weighted by molar-refractivity contribution is -0.134. The second-order valence-corrected chi connectivity index (χ2v) is 21.6. The number of carbonyl (C=O) groups is 4. The SMILES string of the molecule is Cc1c(OC2CCC(CCCCN3CCCC(c4ccc5c(C6CCC(=O)NC6=O)nn(C)c5c4)C3)CC2)cccc1-c1ccc(N2CCc3cccc(C(=O)Nc4nc5ccccc5s4)c3C2)nc1C(=O)O. The average Bonchev–Trinajstić information content (AvgIpc) is 3.97. The summed E-state index contributed by atoms with van der Waals surface area (Å²) in [7, 11) is 1.94. The maximum Gasteiger partial charge on any atom is 0.355 e. The first-order valence-electron chi connectivity index (χ1n) is 26.1. The number of nitrogens with one attached hydrogen (secondary N) is 2. The Kier molecular flexibility index (Phi) is 13.8. The summed E-state index contributed by atoms with van der Waals surface area (Å²) in [6, 6.07) is 29.8.